The maximum absolute atomic E-state index is 5.41. The lowest BCUT2D eigenvalue weighted by Gasteiger charge is -2.20. The van der Waals surface area contributed by atoms with Crippen molar-refractivity contribution >= 4 is 0 Å². The fourth-order valence-corrected chi connectivity index (χ4v) is 2.21. The molecule has 0 radical (unpaired) electrons. The Morgan fingerprint density at radius 2 is 2.30 bits per heavy atom. The van der Waals surface area contributed by atoms with Gasteiger partial charge in [-0.05, 0) is 19.1 Å². The van der Waals surface area contributed by atoms with Crippen LogP contribution >= 0.6 is 0 Å². The monoisotopic (exact) mass is 275 g/mol. The van der Waals surface area contributed by atoms with Crippen LogP contribution < -0.4 is 10.1 Å². The fourth-order valence-electron chi connectivity index (χ4n) is 2.21. The van der Waals surface area contributed by atoms with Crippen molar-refractivity contribution in [1.82, 2.24) is 15.5 Å². The van der Waals surface area contributed by atoms with Gasteiger partial charge in [0, 0.05) is 6.54 Å². The number of rotatable bonds is 3. The normalized spacial score (nSPS) is 19.0. The number of hydrogen-bond acceptors (Lipinski definition) is 6. The van der Waals surface area contributed by atoms with Crippen molar-refractivity contribution in [3.63, 3.8) is 0 Å². The molecule has 0 saturated carbocycles. The summed E-state index contributed by atoms with van der Waals surface area (Å²) in [4.78, 5) is 4.45. The van der Waals surface area contributed by atoms with Crippen molar-refractivity contribution in [2.45, 2.75) is 13.0 Å². The largest absolute Gasteiger partial charge is 0.496 e. The zero-order valence-electron chi connectivity index (χ0n) is 11.5. The van der Waals surface area contributed by atoms with Crippen molar-refractivity contribution < 1.29 is 14.0 Å². The highest BCUT2D eigenvalue weighted by molar-refractivity contribution is 5.63. The van der Waals surface area contributed by atoms with E-state index in [1.165, 1.54) is 0 Å². The lowest BCUT2D eigenvalue weighted by Crippen LogP contribution is -2.35. The predicted molar refractivity (Wildman–Crippen MR) is 72.6 cm³/mol. The van der Waals surface area contributed by atoms with Gasteiger partial charge in [0.05, 0.1) is 31.9 Å². The van der Waals surface area contributed by atoms with Crippen molar-refractivity contribution in [2.24, 2.45) is 0 Å². The number of ether oxygens (including phenoxy) is 2. The Bertz CT molecular complexity index is 591. The number of hydrogen-bond donors (Lipinski definition) is 1. The molecule has 1 aliphatic rings. The van der Waals surface area contributed by atoms with E-state index in [2.05, 4.69) is 15.5 Å². The van der Waals surface area contributed by atoms with Gasteiger partial charge in [0.25, 0.3) is 5.89 Å². The van der Waals surface area contributed by atoms with Crippen LogP contribution in [0.1, 0.15) is 17.4 Å². The minimum absolute atomic E-state index is 0.0166. The first-order valence-electron chi connectivity index (χ1n) is 6.57. The van der Waals surface area contributed by atoms with E-state index in [9.17, 15) is 0 Å². The zero-order chi connectivity index (χ0) is 13.9. The van der Waals surface area contributed by atoms with Crippen molar-refractivity contribution in [3.8, 4) is 17.2 Å². The summed E-state index contributed by atoms with van der Waals surface area (Å²) in [6.45, 7) is 4.08. The summed E-state index contributed by atoms with van der Waals surface area (Å²) in [6.07, 6.45) is 0. The van der Waals surface area contributed by atoms with Gasteiger partial charge in [-0.25, -0.2) is 0 Å². The SMILES string of the molecule is COc1ccc(C)cc1-c1nc(C2COCCN2)no1. The Morgan fingerprint density at radius 1 is 1.40 bits per heavy atom. The topological polar surface area (TPSA) is 69.4 Å². The van der Waals surface area contributed by atoms with E-state index in [0.717, 1.165) is 23.4 Å². The number of benzene rings is 1. The molecule has 1 aromatic heterocycles. The number of methoxy groups -OCH3 is 1. The van der Waals surface area contributed by atoms with E-state index >= 15 is 0 Å². The standard InChI is InChI=1S/C14H17N3O3/c1-9-3-4-12(18-2)10(7-9)14-16-13(17-20-14)11-8-19-6-5-15-11/h3-4,7,11,15H,5-6,8H2,1-2H3. The molecule has 2 heterocycles. The summed E-state index contributed by atoms with van der Waals surface area (Å²) in [6, 6.07) is 5.84. The Hall–Kier alpha value is -1.92. The maximum Gasteiger partial charge on any atom is 0.261 e. The van der Waals surface area contributed by atoms with E-state index in [4.69, 9.17) is 14.0 Å². The van der Waals surface area contributed by atoms with Crippen LogP contribution in [0.15, 0.2) is 22.7 Å². The van der Waals surface area contributed by atoms with Crippen LogP contribution in [-0.4, -0.2) is 37.0 Å². The minimum atomic E-state index is -0.0166. The average molecular weight is 275 g/mol. The Morgan fingerprint density at radius 3 is 3.05 bits per heavy atom. The number of nitrogens with one attached hydrogen (secondary N) is 1. The highest BCUT2D eigenvalue weighted by Gasteiger charge is 2.22. The first-order chi connectivity index (χ1) is 9.78. The molecule has 1 aliphatic heterocycles. The first kappa shape index (κ1) is 13.1. The summed E-state index contributed by atoms with van der Waals surface area (Å²) >= 11 is 0. The average Bonchev–Trinajstić information content (AvgIpc) is 2.98. The van der Waals surface area contributed by atoms with Gasteiger partial charge >= 0.3 is 0 Å². The van der Waals surface area contributed by atoms with Gasteiger partial charge in [-0.2, -0.15) is 4.98 Å². The Kier molecular flexibility index (Phi) is 3.66. The molecule has 3 rings (SSSR count). The predicted octanol–water partition coefficient (Wildman–Crippen LogP) is 1.71. The molecule has 1 fully saturated rings. The van der Waals surface area contributed by atoms with Gasteiger partial charge in [0.1, 0.15) is 5.75 Å². The summed E-state index contributed by atoms with van der Waals surface area (Å²) in [5.74, 6) is 1.80. The maximum atomic E-state index is 5.41. The lowest BCUT2D eigenvalue weighted by molar-refractivity contribution is 0.0734. The van der Waals surface area contributed by atoms with Gasteiger partial charge in [0.15, 0.2) is 5.82 Å². The van der Waals surface area contributed by atoms with Crippen LogP contribution in [0, 0.1) is 6.92 Å². The molecule has 1 unspecified atom stereocenters. The third-order valence-electron chi connectivity index (χ3n) is 3.26. The van der Waals surface area contributed by atoms with E-state index in [1.807, 2.05) is 25.1 Å². The van der Waals surface area contributed by atoms with Gasteiger partial charge in [0.2, 0.25) is 0 Å². The molecule has 6 nitrogen and oxygen atoms in total. The second kappa shape index (κ2) is 5.60. The molecule has 1 N–H and O–H groups in total. The first-order valence-corrected chi connectivity index (χ1v) is 6.57. The molecule has 106 valence electrons. The molecule has 0 bridgehead atoms. The molecule has 0 spiro atoms. The number of aryl methyl sites for hydroxylation is 1. The van der Waals surface area contributed by atoms with Crippen LogP contribution in [0.3, 0.4) is 0 Å². The van der Waals surface area contributed by atoms with E-state index in [-0.39, 0.29) is 6.04 Å². The smallest absolute Gasteiger partial charge is 0.261 e. The Labute approximate surface area is 117 Å². The van der Waals surface area contributed by atoms with Crippen molar-refractivity contribution in [1.29, 1.82) is 0 Å². The second-order valence-electron chi connectivity index (χ2n) is 4.74. The van der Waals surface area contributed by atoms with Crippen LogP contribution in [0.5, 0.6) is 5.75 Å². The molecule has 1 saturated heterocycles. The third kappa shape index (κ3) is 2.52. The van der Waals surface area contributed by atoms with Gasteiger partial charge in [-0.3, -0.25) is 0 Å². The number of aromatic nitrogens is 2. The lowest BCUT2D eigenvalue weighted by atomic mass is 10.1. The van der Waals surface area contributed by atoms with Gasteiger partial charge < -0.3 is 19.3 Å². The number of nitrogens with zero attached hydrogens (tertiary/aromatic N) is 2. The third-order valence-corrected chi connectivity index (χ3v) is 3.26. The van der Waals surface area contributed by atoms with E-state index < -0.39 is 0 Å². The molecule has 1 aromatic carbocycles. The highest BCUT2D eigenvalue weighted by atomic mass is 16.5. The quantitative estimate of drug-likeness (QED) is 0.919. The molecule has 1 atom stereocenters. The van der Waals surface area contributed by atoms with Crippen molar-refractivity contribution in [3.05, 3.63) is 29.6 Å². The molecular weight excluding hydrogens is 258 g/mol. The summed E-state index contributed by atoms with van der Waals surface area (Å²) in [5.41, 5.74) is 1.92. The van der Waals surface area contributed by atoms with Crippen LogP contribution in [0.4, 0.5) is 0 Å². The molecule has 2 aromatic rings. The summed E-state index contributed by atoms with van der Waals surface area (Å²) in [7, 11) is 1.63. The Balaban J connectivity index is 1.91. The van der Waals surface area contributed by atoms with Crippen molar-refractivity contribution in [2.75, 3.05) is 26.9 Å². The van der Waals surface area contributed by atoms with E-state index in [1.54, 1.807) is 7.11 Å². The van der Waals surface area contributed by atoms with Gasteiger partial charge in [-0.1, -0.05) is 16.8 Å². The van der Waals surface area contributed by atoms with Crippen LogP contribution in [-0.2, 0) is 4.74 Å². The minimum Gasteiger partial charge on any atom is -0.496 e. The molecule has 0 amide bonds. The highest BCUT2D eigenvalue weighted by Crippen LogP contribution is 2.30. The molecular formula is C14H17N3O3. The van der Waals surface area contributed by atoms with Gasteiger partial charge in [-0.15, -0.1) is 0 Å². The molecule has 6 heteroatoms. The number of morpholine rings is 1. The summed E-state index contributed by atoms with van der Waals surface area (Å²) < 4.78 is 16.1. The molecule has 0 aliphatic carbocycles. The zero-order valence-corrected chi connectivity index (χ0v) is 11.5. The summed E-state index contributed by atoms with van der Waals surface area (Å²) in [5, 5.41) is 7.34. The fraction of sp³-hybridized carbons (Fsp3) is 0.429. The molecule has 20 heavy (non-hydrogen) atoms. The second-order valence-corrected chi connectivity index (χ2v) is 4.74. The van der Waals surface area contributed by atoms with E-state index in [0.29, 0.717) is 24.9 Å². The van der Waals surface area contributed by atoms with Crippen LogP contribution in [0.2, 0.25) is 0 Å². The van der Waals surface area contributed by atoms with Crippen LogP contribution in [0.25, 0.3) is 11.5 Å².